The summed E-state index contributed by atoms with van der Waals surface area (Å²) in [6.45, 7) is 0.997. The summed E-state index contributed by atoms with van der Waals surface area (Å²) in [6.07, 6.45) is 5.67. The minimum absolute atomic E-state index is 0.0914. The van der Waals surface area contributed by atoms with Crippen LogP contribution in [0.25, 0.3) is 0 Å². The largest absolute Gasteiger partial charge is 0.481 e. The Morgan fingerprint density at radius 1 is 1.17 bits per heavy atom. The SMILES string of the molecule is O=C(O)C1CCCN(C(=O)NC2CCC(Cc3ccccc3)C2)C1. The van der Waals surface area contributed by atoms with Crippen molar-refractivity contribution in [2.24, 2.45) is 11.8 Å². The zero-order valence-corrected chi connectivity index (χ0v) is 14.0. The molecule has 130 valence electrons. The van der Waals surface area contributed by atoms with Crippen LogP contribution in [-0.2, 0) is 11.2 Å². The predicted molar refractivity (Wildman–Crippen MR) is 91.7 cm³/mol. The third kappa shape index (κ3) is 4.28. The maximum Gasteiger partial charge on any atom is 0.317 e. The molecule has 0 spiro atoms. The number of rotatable bonds is 4. The number of likely N-dealkylation sites (tertiary alicyclic amines) is 1. The number of aliphatic carboxylic acids is 1. The smallest absolute Gasteiger partial charge is 0.317 e. The molecule has 1 aromatic carbocycles. The second-order valence-electron chi connectivity index (χ2n) is 7.14. The molecule has 1 heterocycles. The van der Waals surface area contributed by atoms with Gasteiger partial charge in [0.25, 0.3) is 0 Å². The summed E-state index contributed by atoms with van der Waals surface area (Å²) in [5.74, 6) is -0.596. The standard InChI is InChI=1S/C19H26N2O3/c22-18(23)16-7-4-10-21(13-16)19(24)20-17-9-8-15(12-17)11-14-5-2-1-3-6-14/h1-3,5-6,15-17H,4,7-13H2,(H,20,24)(H,22,23). The lowest BCUT2D eigenvalue weighted by Gasteiger charge is -2.31. The predicted octanol–water partition coefficient (Wildman–Crippen LogP) is 2.90. The number of nitrogens with one attached hydrogen (secondary N) is 1. The van der Waals surface area contributed by atoms with Crippen molar-refractivity contribution in [3.05, 3.63) is 35.9 Å². The van der Waals surface area contributed by atoms with Crippen LogP contribution in [0.2, 0.25) is 0 Å². The molecule has 1 saturated heterocycles. The number of piperidine rings is 1. The average molecular weight is 330 g/mol. The van der Waals surface area contributed by atoms with Gasteiger partial charge in [-0.3, -0.25) is 4.79 Å². The number of carboxylic acid groups (broad SMARTS) is 1. The highest BCUT2D eigenvalue weighted by Gasteiger charge is 2.31. The first-order valence-corrected chi connectivity index (χ1v) is 8.94. The average Bonchev–Trinajstić information content (AvgIpc) is 3.02. The molecule has 3 unspecified atom stereocenters. The fraction of sp³-hybridized carbons (Fsp3) is 0.579. The molecule has 3 atom stereocenters. The number of amides is 2. The van der Waals surface area contributed by atoms with Crippen LogP contribution >= 0.6 is 0 Å². The molecule has 5 nitrogen and oxygen atoms in total. The van der Waals surface area contributed by atoms with Crippen LogP contribution < -0.4 is 5.32 Å². The van der Waals surface area contributed by atoms with E-state index in [0.717, 1.165) is 32.1 Å². The molecule has 5 heteroatoms. The van der Waals surface area contributed by atoms with Gasteiger partial charge in [-0.05, 0) is 50.0 Å². The summed E-state index contributed by atoms with van der Waals surface area (Å²) in [6, 6.07) is 10.6. The van der Waals surface area contributed by atoms with Crippen LogP contribution in [0.5, 0.6) is 0 Å². The highest BCUT2D eigenvalue weighted by Crippen LogP contribution is 2.29. The zero-order valence-electron chi connectivity index (χ0n) is 14.0. The van der Waals surface area contributed by atoms with E-state index in [-0.39, 0.29) is 12.1 Å². The van der Waals surface area contributed by atoms with Gasteiger partial charge in [-0.25, -0.2) is 4.79 Å². The molecule has 2 aliphatic rings. The molecule has 2 N–H and O–H groups in total. The molecule has 3 rings (SSSR count). The maximum absolute atomic E-state index is 12.4. The van der Waals surface area contributed by atoms with Crippen molar-refractivity contribution in [1.29, 1.82) is 0 Å². The van der Waals surface area contributed by atoms with E-state index >= 15 is 0 Å². The third-order valence-corrected chi connectivity index (χ3v) is 5.29. The Hall–Kier alpha value is -2.04. The zero-order chi connectivity index (χ0) is 16.9. The normalized spacial score (nSPS) is 27.0. The van der Waals surface area contributed by atoms with E-state index in [4.69, 9.17) is 5.11 Å². The van der Waals surface area contributed by atoms with Crippen molar-refractivity contribution in [3.8, 4) is 0 Å². The summed E-state index contributed by atoms with van der Waals surface area (Å²) < 4.78 is 0. The van der Waals surface area contributed by atoms with Crippen LogP contribution in [-0.4, -0.2) is 41.1 Å². The van der Waals surface area contributed by atoms with Gasteiger partial charge < -0.3 is 15.3 Å². The van der Waals surface area contributed by atoms with Gasteiger partial charge in [-0.2, -0.15) is 0 Å². The summed E-state index contributed by atoms with van der Waals surface area (Å²) >= 11 is 0. The Kier molecular flexibility index (Phi) is 5.38. The lowest BCUT2D eigenvalue weighted by molar-refractivity contribution is -0.143. The van der Waals surface area contributed by atoms with Crippen molar-refractivity contribution in [2.45, 2.75) is 44.6 Å². The molecule has 2 amide bonds. The number of nitrogens with zero attached hydrogens (tertiary/aromatic N) is 1. The Balaban J connectivity index is 1.46. The molecular weight excluding hydrogens is 304 g/mol. The van der Waals surface area contributed by atoms with E-state index in [2.05, 4.69) is 29.6 Å². The second kappa shape index (κ2) is 7.69. The number of carboxylic acids is 1. The number of carbonyl (C=O) groups is 2. The first kappa shape index (κ1) is 16.8. The van der Waals surface area contributed by atoms with Gasteiger partial charge in [-0.15, -0.1) is 0 Å². The van der Waals surface area contributed by atoms with E-state index < -0.39 is 11.9 Å². The Labute approximate surface area is 143 Å². The summed E-state index contributed by atoms with van der Waals surface area (Å²) in [5, 5.41) is 12.3. The number of hydrogen-bond acceptors (Lipinski definition) is 2. The molecular formula is C19H26N2O3. The van der Waals surface area contributed by atoms with Crippen LogP contribution in [0.15, 0.2) is 30.3 Å². The van der Waals surface area contributed by atoms with Crippen molar-refractivity contribution in [2.75, 3.05) is 13.1 Å². The van der Waals surface area contributed by atoms with Crippen molar-refractivity contribution in [3.63, 3.8) is 0 Å². The maximum atomic E-state index is 12.4. The molecule has 0 bridgehead atoms. The Morgan fingerprint density at radius 3 is 2.71 bits per heavy atom. The highest BCUT2D eigenvalue weighted by molar-refractivity contribution is 5.76. The van der Waals surface area contributed by atoms with Gasteiger partial charge in [0.2, 0.25) is 0 Å². The summed E-state index contributed by atoms with van der Waals surface area (Å²) in [7, 11) is 0. The van der Waals surface area contributed by atoms with Gasteiger partial charge in [-0.1, -0.05) is 30.3 Å². The fourth-order valence-electron chi connectivity index (χ4n) is 3.97. The molecule has 2 fully saturated rings. The molecule has 0 radical (unpaired) electrons. The van der Waals surface area contributed by atoms with Crippen molar-refractivity contribution >= 4 is 12.0 Å². The van der Waals surface area contributed by atoms with Gasteiger partial charge >= 0.3 is 12.0 Å². The molecule has 1 saturated carbocycles. The Bertz CT molecular complexity index is 575. The molecule has 1 aliphatic heterocycles. The number of carbonyl (C=O) groups excluding carboxylic acids is 1. The minimum Gasteiger partial charge on any atom is -0.481 e. The van der Waals surface area contributed by atoms with E-state index in [1.54, 1.807) is 4.90 Å². The topological polar surface area (TPSA) is 69.6 Å². The second-order valence-corrected chi connectivity index (χ2v) is 7.14. The summed E-state index contributed by atoms with van der Waals surface area (Å²) in [5.41, 5.74) is 1.36. The van der Waals surface area contributed by atoms with Crippen molar-refractivity contribution < 1.29 is 14.7 Å². The highest BCUT2D eigenvalue weighted by atomic mass is 16.4. The molecule has 1 aliphatic carbocycles. The quantitative estimate of drug-likeness (QED) is 0.892. The summed E-state index contributed by atoms with van der Waals surface area (Å²) in [4.78, 5) is 25.2. The lowest BCUT2D eigenvalue weighted by Crippen LogP contribution is -2.49. The molecule has 24 heavy (non-hydrogen) atoms. The first-order chi connectivity index (χ1) is 11.6. The number of benzene rings is 1. The van der Waals surface area contributed by atoms with E-state index in [1.165, 1.54) is 5.56 Å². The lowest BCUT2D eigenvalue weighted by atomic mass is 9.98. The van der Waals surface area contributed by atoms with Gasteiger partial charge in [0.1, 0.15) is 0 Å². The Morgan fingerprint density at radius 2 is 1.96 bits per heavy atom. The van der Waals surface area contributed by atoms with Crippen molar-refractivity contribution in [1.82, 2.24) is 10.2 Å². The third-order valence-electron chi connectivity index (χ3n) is 5.29. The minimum atomic E-state index is -0.795. The van der Waals surface area contributed by atoms with Crippen LogP contribution in [0.1, 0.15) is 37.7 Å². The monoisotopic (exact) mass is 330 g/mol. The van der Waals surface area contributed by atoms with Crippen LogP contribution in [0.4, 0.5) is 4.79 Å². The number of hydrogen-bond donors (Lipinski definition) is 2. The van der Waals surface area contributed by atoms with E-state index in [1.807, 2.05) is 6.07 Å². The van der Waals surface area contributed by atoms with Gasteiger partial charge in [0.15, 0.2) is 0 Å². The first-order valence-electron chi connectivity index (χ1n) is 8.94. The number of urea groups is 1. The van der Waals surface area contributed by atoms with Crippen LogP contribution in [0, 0.1) is 11.8 Å². The van der Waals surface area contributed by atoms with E-state index in [0.29, 0.717) is 25.4 Å². The fourth-order valence-corrected chi connectivity index (χ4v) is 3.97. The van der Waals surface area contributed by atoms with Gasteiger partial charge in [0.05, 0.1) is 5.92 Å². The molecule has 1 aromatic rings. The van der Waals surface area contributed by atoms with E-state index in [9.17, 15) is 9.59 Å². The van der Waals surface area contributed by atoms with Gasteiger partial charge in [0, 0.05) is 19.1 Å². The van der Waals surface area contributed by atoms with Crippen LogP contribution in [0.3, 0.4) is 0 Å². The molecule has 0 aromatic heterocycles.